The lowest BCUT2D eigenvalue weighted by Crippen LogP contribution is -2.38. The highest BCUT2D eigenvalue weighted by molar-refractivity contribution is 5.25. The van der Waals surface area contributed by atoms with Crippen LogP contribution >= 0.6 is 0 Å². The Morgan fingerprint density at radius 3 is 1.84 bits per heavy atom. The molecule has 2 aliphatic carbocycles. The van der Waals surface area contributed by atoms with Gasteiger partial charge < -0.3 is 4.74 Å². The Morgan fingerprint density at radius 1 is 0.760 bits per heavy atom. The zero-order chi connectivity index (χ0) is 18.0. The molecular weight excluding hydrogens is 339 g/mol. The minimum atomic E-state index is -3.52. The molecule has 140 valence electrons. The van der Waals surface area contributed by atoms with Gasteiger partial charge in [0.15, 0.2) is 17.5 Å². The van der Waals surface area contributed by atoms with Gasteiger partial charge in [0.05, 0.1) is 5.92 Å². The van der Waals surface area contributed by atoms with Crippen LogP contribution in [0.4, 0.5) is 22.0 Å². The Hall–Kier alpha value is -1.33. The summed E-state index contributed by atoms with van der Waals surface area (Å²) in [5.74, 6) is -5.29. The first-order valence-corrected chi connectivity index (χ1v) is 9.08. The first kappa shape index (κ1) is 18.5. The van der Waals surface area contributed by atoms with E-state index in [9.17, 15) is 22.0 Å². The minimum Gasteiger partial charge on any atom is -0.432 e. The quantitative estimate of drug-likeness (QED) is 0.441. The Kier molecular flexibility index (Phi) is 5.54. The average Bonchev–Trinajstić information content (AvgIpc) is 2.60. The summed E-state index contributed by atoms with van der Waals surface area (Å²) >= 11 is 0. The van der Waals surface area contributed by atoms with E-state index in [0.717, 1.165) is 12.8 Å². The molecule has 0 aromatic heterocycles. The fourth-order valence-electron chi connectivity index (χ4n) is 4.36. The fourth-order valence-corrected chi connectivity index (χ4v) is 4.36. The molecule has 2 fully saturated rings. The predicted octanol–water partition coefficient (Wildman–Crippen LogP) is 6.46. The standard InChI is InChI=1S/C19H23F5O/c20-16-10-15(11-17(21)18(16)22)25-19(23,24)14-8-6-13(7-9-14)12-4-2-1-3-5-12/h10-14H,1-9H2. The molecule has 2 aliphatic rings. The summed E-state index contributed by atoms with van der Waals surface area (Å²) in [5, 5.41) is 0. The third-order valence-electron chi connectivity index (χ3n) is 5.77. The lowest BCUT2D eigenvalue weighted by atomic mass is 9.71. The van der Waals surface area contributed by atoms with Crippen LogP contribution in [0.3, 0.4) is 0 Å². The van der Waals surface area contributed by atoms with E-state index in [2.05, 4.69) is 4.74 Å². The second kappa shape index (κ2) is 7.50. The van der Waals surface area contributed by atoms with E-state index in [-0.39, 0.29) is 0 Å². The number of benzene rings is 1. The Labute approximate surface area is 144 Å². The van der Waals surface area contributed by atoms with Crippen LogP contribution < -0.4 is 4.74 Å². The van der Waals surface area contributed by atoms with Crippen LogP contribution in [-0.4, -0.2) is 6.11 Å². The van der Waals surface area contributed by atoms with Crippen molar-refractivity contribution in [1.82, 2.24) is 0 Å². The van der Waals surface area contributed by atoms with Gasteiger partial charge in [-0.2, -0.15) is 8.78 Å². The maximum atomic E-state index is 14.4. The van der Waals surface area contributed by atoms with Gasteiger partial charge in [-0.15, -0.1) is 0 Å². The van der Waals surface area contributed by atoms with E-state index in [1.807, 2.05) is 0 Å². The molecule has 0 heterocycles. The van der Waals surface area contributed by atoms with E-state index in [1.165, 1.54) is 32.1 Å². The molecule has 0 bridgehead atoms. The van der Waals surface area contributed by atoms with Gasteiger partial charge in [0.2, 0.25) is 0 Å². The zero-order valence-electron chi connectivity index (χ0n) is 14.0. The van der Waals surface area contributed by atoms with Crippen molar-refractivity contribution < 1.29 is 26.7 Å². The number of hydrogen-bond donors (Lipinski definition) is 0. The van der Waals surface area contributed by atoms with E-state index in [4.69, 9.17) is 0 Å². The molecule has 1 aromatic carbocycles. The molecule has 0 saturated heterocycles. The average molecular weight is 362 g/mol. The number of alkyl halides is 2. The number of hydrogen-bond acceptors (Lipinski definition) is 1. The van der Waals surface area contributed by atoms with Gasteiger partial charge in [0, 0.05) is 12.1 Å². The Balaban J connectivity index is 1.59. The van der Waals surface area contributed by atoms with Crippen LogP contribution in [0.15, 0.2) is 12.1 Å². The predicted molar refractivity (Wildman–Crippen MR) is 83.9 cm³/mol. The topological polar surface area (TPSA) is 9.23 Å². The highest BCUT2D eigenvalue weighted by Gasteiger charge is 2.45. The van der Waals surface area contributed by atoms with Crippen LogP contribution in [0.1, 0.15) is 57.8 Å². The Bertz CT molecular complexity index is 566. The van der Waals surface area contributed by atoms with Crippen LogP contribution in [-0.2, 0) is 0 Å². The fraction of sp³-hybridized carbons (Fsp3) is 0.684. The molecule has 6 heteroatoms. The van der Waals surface area contributed by atoms with Gasteiger partial charge in [0.1, 0.15) is 5.75 Å². The highest BCUT2D eigenvalue weighted by Crippen LogP contribution is 2.44. The van der Waals surface area contributed by atoms with Crippen molar-refractivity contribution in [3.8, 4) is 5.75 Å². The second-order valence-corrected chi connectivity index (χ2v) is 7.37. The molecule has 0 spiro atoms. The number of rotatable bonds is 4. The van der Waals surface area contributed by atoms with Crippen molar-refractivity contribution >= 4 is 0 Å². The monoisotopic (exact) mass is 362 g/mol. The summed E-state index contributed by atoms with van der Waals surface area (Å²) in [7, 11) is 0. The van der Waals surface area contributed by atoms with Gasteiger partial charge in [-0.05, 0) is 37.5 Å². The molecule has 0 N–H and O–H groups in total. The van der Waals surface area contributed by atoms with Crippen LogP contribution in [0.2, 0.25) is 0 Å². The summed E-state index contributed by atoms with van der Waals surface area (Å²) in [4.78, 5) is 0. The van der Waals surface area contributed by atoms with E-state index >= 15 is 0 Å². The molecule has 0 radical (unpaired) electrons. The molecular formula is C19H23F5O. The molecule has 25 heavy (non-hydrogen) atoms. The normalized spacial score (nSPS) is 25.8. The van der Waals surface area contributed by atoms with E-state index in [0.29, 0.717) is 36.8 Å². The van der Waals surface area contributed by atoms with E-state index in [1.54, 1.807) is 0 Å². The van der Waals surface area contributed by atoms with Gasteiger partial charge in [-0.3, -0.25) is 0 Å². The first-order valence-electron chi connectivity index (χ1n) is 9.08. The van der Waals surface area contributed by atoms with Gasteiger partial charge >= 0.3 is 6.11 Å². The number of ether oxygens (including phenoxy) is 1. The SMILES string of the molecule is Fc1cc(OC(F)(F)C2CCC(C3CCCCC3)CC2)cc(F)c1F. The van der Waals surface area contributed by atoms with Crippen molar-refractivity contribution in [1.29, 1.82) is 0 Å². The van der Waals surface area contributed by atoms with E-state index < -0.39 is 35.2 Å². The van der Waals surface area contributed by atoms with Crippen molar-refractivity contribution in [2.75, 3.05) is 0 Å². The summed E-state index contributed by atoms with van der Waals surface area (Å²) in [5.41, 5.74) is 0. The van der Waals surface area contributed by atoms with Crippen molar-refractivity contribution in [3.05, 3.63) is 29.6 Å². The smallest absolute Gasteiger partial charge is 0.400 e. The molecule has 1 nitrogen and oxygen atoms in total. The second-order valence-electron chi connectivity index (χ2n) is 7.37. The van der Waals surface area contributed by atoms with Crippen molar-refractivity contribution in [2.45, 2.75) is 63.9 Å². The van der Waals surface area contributed by atoms with Crippen LogP contribution in [0, 0.1) is 35.2 Å². The molecule has 0 amide bonds. The minimum absolute atomic E-state index is 0.334. The van der Waals surface area contributed by atoms with Gasteiger partial charge in [0.25, 0.3) is 0 Å². The molecule has 3 rings (SSSR count). The summed E-state index contributed by atoms with van der Waals surface area (Å²) in [6.07, 6.45) is 4.72. The molecule has 0 unspecified atom stereocenters. The zero-order valence-corrected chi connectivity index (χ0v) is 14.0. The van der Waals surface area contributed by atoms with Gasteiger partial charge in [-0.1, -0.05) is 32.1 Å². The first-order chi connectivity index (χ1) is 11.9. The largest absolute Gasteiger partial charge is 0.432 e. The molecule has 2 saturated carbocycles. The highest BCUT2D eigenvalue weighted by atomic mass is 19.3. The van der Waals surface area contributed by atoms with Crippen molar-refractivity contribution in [2.24, 2.45) is 17.8 Å². The maximum absolute atomic E-state index is 14.4. The summed E-state index contributed by atoms with van der Waals surface area (Å²) in [6.45, 7) is 0. The lowest BCUT2D eigenvalue weighted by Gasteiger charge is -2.37. The number of halogens is 5. The lowest BCUT2D eigenvalue weighted by molar-refractivity contribution is -0.224. The Morgan fingerprint density at radius 2 is 1.28 bits per heavy atom. The van der Waals surface area contributed by atoms with Crippen LogP contribution in [0.5, 0.6) is 5.75 Å². The van der Waals surface area contributed by atoms with Crippen LogP contribution in [0.25, 0.3) is 0 Å². The molecule has 1 aromatic rings. The summed E-state index contributed by atoms with van der Waals surface area (Å²) in [6, 6.07) is 0.917. The molecule has 0 atom stereocenters. The summed E-state index contributed by atoms with van der Waals surface area (Å²) < 4.78 is 72.6. The van der Waals surface area contributed by atoms with Crippen molar-refractivity contribution in [3.63, 3.8) is 0 Å². The van der Waals surface area contributed by atoms with Gasteiger partial charge in [-0.25, -0.2) is 13.2 Å². The third kappa shape index (κ3) is 4.26. The third-order valence-corrected chi connectivity index (χ3v) is 5.77. The molecule has 0 aliphatic heterocycles. The maximum Gasteiger partial charge on any atom is 0.400 e.